The minimum absolute atomic E-state index is 0.0244. The Labute approximate surface area is 188 Å². The molecule has 1 amide bonds. The van der Waals surface area contributed by atoms with E-state index in [1.165, 1.54) is 0 Å². The van der Waals surface area contributed by atoms with E-state index in [-0.39, 0.29) is 11.8 Å². The molecule has 0 saturated carbocycles. The fourth-order valence-electron chi connectivity index (χ4n) is 3.66. The number of nitrogens with one attached hydrogen (secondary N) is 2. The lowest BCUT2D eigenvalue weighted by atomic mass is 9.96. The number of amides is 1. The van der Waals surface area contributed by atoms with Crippen molar-refractivity contribution in [1.82, 2.24) is 20.5 Å². The highest BCUT2D eigenvalue weighted by molar-refractivity contribution is 5.78. The molecule has 8 heteroatoms. The molecule has 1 aliphatic heterocycles. The number of nitrogens with zero attached hydrogens (tertiary/aromatic N) is 4. The molecular weight excluding hydrogens is 404 g/mol. The lowest BCUT2D eigenvalue weighted by molar-refractivity contribution is -0.125. The van der Waals surface area contributed by atoms with Crippen LogP contribution in [-0.2, 0) is 11.3 Å². The number of hydrogen-bond acceptors (Lipinski definition) is 7. The van der Waals surface area contributed by atoms with Crippen molar-refractivity contribution in [2.24, 2.45) is 5.92 Å². The minimum atomic E-state index is 0.0244. The summed E-state index contributed by atoms with van der Waals surface area (Å²) in [6.45, 7) is 3.20. The average Bonchev–Trinajstić information content (AvgIpc) is 2.87. The highest BCUT2D eigenvalue weighted by Crippen LogP contribution is 2.22. The number of aromatic nitrogens is 3. The Hall–Kier alpha value is -3.68. The van der Waals surface area contributed by atoms with Crippen molar-refractivity contribution >= 4 is 17.5 Å². The van der Waals surface area contributed by atoms with Crippen LogP contribution in [0.2, 0.25) is 0 Å². The van der Waals surface area contributed by atoms with E-state index in [0.717, 1.165) is 48.9 Å². The van der Waals surface area contributed by atoms with Gasteiger partial charge in [0, 0.05) is 37.9 Å². The summed E-state index contributed by atoms with van der Waals surface area (Å²) in [6.07, 6.45) is 5.18. The quantitative estimate of drug-likeness (QED) is 0.502. The molecule has 0 aliphatic carbocycles. The average molecular weight is 433 g/mol. The predicted octanol–water partition coefficient (Wildman–Crippen LogP) is 2.90. The molecule has 8 nitrogen and oxygen atoms in total. The first-order chi connectivity index (χ1) is 15.8. The van der Waals surface area contributed by atoms with Crippen LogP contribution in [0, 0.1) is 5.92 Å². The summed E-state index contributed by atoms with van der Waals surface area (Å²) in [5.74, 6) is 2.50. The lowest BCUT2D eigenvalue weighted by Crippen LogP contribution is -2.41. The van der Waals surface area contributed by atoms with Crippen LogP contribution in [-0.4, -0.2) is 47.3 Å². The Kier molecular flexibility index (Phi) is 7.46. The number of ether oxygens (including phenoxy) is 1. The van der Waals surface area contributed by atoms with Crippen molar-refractivity contribution in [3.8, 4) is 5.75 Å². The normalized spacial score (nSPS) is 14.1. The number of hydrogen-bond donors (Lipinski definition) is 2. The first kappa shape index (κ1) is 21.5. The van der Waals surface area contributed by atoms with Gasteiger partial charge in [0.2, 0.25) is 5.91 Å². The fourth-order valence-corrected chi connectivity index (χ4v) is 3.66. The zero-order chi connectivity index (χ0) is 22.0. The second kappa shape index (κ2) is 11.1. The molecule has 32 heavy (non-hydrogen) atoms. The van der Waals surface area contributed by atoms with Crippen LogP contribution in [0.4, 0.5) is 11.6 Å². The van der Waals surface area contributed by atoms with Crippen LogP contribution in [0.3, 0.4) is 0 Å². The third-order valence-electron chi connectivity index (χ3n) is 5.45. The van der Waals surface area contributed by atoms with Crippen LogP contribution < -0.4 is 20.3 Å². The molecule has 3 heterocycles. The monoisotopic (exact) mass is 432 g/mol. The molecule has 1 aromatic carbocycles. The fraction of sp³-hybridized carbons (Fsp3) is 0.333. The molecule has 166 valence electrons. The van der Waals surface area contributed by atoms with Gasteiger partial charge < -0.3 is 20.3 Å². The van der Waals surface area contributed by atoms with Crippen molar-refractivity contribution in [3.63, 3.8) is 0 Å². The van der Waals surface area contributed by atoms with E-state index < -0.39 is 0 Å². The number of piperidine rings is 1. The third-order valence-corrected chi connectivity index (χ3v) is 5.45. The maximum absolute atomic E-state index is 12.5. The zero-order valence-electron chi connectivity index (χ0n) is 18.0. The minimum Gasteiger partial charge on any atom is -0.492 e. The van der Waals surface area contributed by atoms with Gasteiger partial charge in [-0.25, -0.2) is 0 Å². The van der Waals surface area contributed by atoms with Gasteiger partial charge in [-0.1, -0.05) is 24.3 Å². The summed E-state index contributed by atoms with van der Waals surface area (Å²) in [5.41, 5.74) is 1.09. The standard InChI is InChI=1S/C24H28N6O2/c31-24(26-13-16-32-21-6-2-1-3-7-21)20-10-14-30(15-11-20)23-9-8-22(28-29-23)27-18-19-5-4-12-25-17-19/h1-9,12,17,20H,10-11,13-16,18H2,(H,26,31)(H,27,28). The van der Waals surface area contributed by atoms with Gasteiger partial charge in [0.05, 0.1) is 6.54 Å². The molecule has 0 spiro atoms. The van der Waals surface area contributed by atoms with Gasteiger partial charge in [0.1, 0.15) is 18.2 Å². The number of anilines is 2. The largest absolute Gasteiger partial charge is 0.492 e. The first-order valence-corrected chi connectivity index (χ1v) is 10.9. The molecule has 1 aliphatic rings. The topological polar surface area (TPSA) is 92.3 Å². The molecular formula is C24H28N6O2. The summed E-state index contributed by atoms with van der Waals surface area (Å²) in [7, 11) is 0. The summed E-state index contributed by atoms with van der Waals surface area (Å²) < 4.78 is 5.62. The highest BCUT2D eigenvalue weighted by Gasteiger charge is 2.25. The number of benzene rings is 1. The maximum atomic E-state index is 12.5. The Balaban J connectivity index is 1.16. The van der Waals surface area contributed by atoms with E-state index in [1.807, 2.05) is 60.8 Å². The highest BCUT2D eigenvalue weighted by atomic mass is 16.5. The van der Waals surface area contributed by atoms with E-state index in [2.05, 4.69) is 30.7 Å². The van der Waals surface area contributed by atoms with E-state index >= 15 is 0 Å². The molecule has 1 saturated heterocycles. The molecule has 0 bridgehead atoms. The van der Waals surface area contributed by atoms with Gasteiger partial charge in [0.15, 0.2) is 5.82 Å². The van der Waals surface area contributed by atoms with Crippen LogP contribution in [0.5, 0.6) is 5.75 Å². The van der Waals surface area contributed by atoms with Gasteiger partial charge in [-0.15, -0.1) is 10.2 Å². The number of para-hydroxylation sites is 1. The number of rotatable bonds is 9. The third kappa shape index (κ3) is 6.16. The molecule has 1 fully saturated rings. The number of pyridine rings is 1. The van der Waals surface area contributed by atoms with E-state index in [9.17, 15) is 4.79 Å². The second-order valence-corrected chi connectivity index (χ2v) is 7.71. The summed E-state index contributed by atoms with van der Waals surface area (Å²) in [6, 6.07) is 17.4. The molecule has 0 unspecified atom stereocenters. The van der Waals surface area contributed by atoms with Gasteiger partial charge in [-0.2, -0.15) is 0 Å². The van der Waals surface area contributed by atoms with Gasteiger partial charge in [-0.05, 0) is 48.7 Å². The molecule has 3 aromatic rings. The smallest absolute Gasteiger partial charge is 0.223 e. The first-order valence-electron chi connectivity index (χ1n) is 10.9. The van der Waals surface area contributed by atoms with Crippen LogP contribution in [0.25, 0.3) is 0 Å². The van der Waals surface area contributed by atoms with E-state index in [0.29, 0.717) is 19.7 Å². The molecule has 4 rings (SSSR count). The van der Waals surface area contributed by atoms with E-state index in [1.54, 1.807) is 6.20 Å². The zero-order valence-corrected chi connectivity index (χ0v) is 18.0. The molecule has 0 radical (unpaired) electrons. The maximum Gasteiger partial charge on any atom is 0.223 e. The number of carbonyl (C=O) groups excluding carboxylic acids is 1. The van der Waals surface area contributed by atoms with Crippen LogP contribution in [0.15, 0.2) is 67.0 Å². The summed E-state index contributed by atoms with van der Waals surface area (Å²) in [4.78, 5) is 18.7. The Morgan fingerprint density at radius 1 is 1.03 bits per heavy atom. The van der Waals surface area contributed by atoms with Crippen molar-refractivity contribution in [3.05, 3.63) is 72.6 Å². The van der Waals surface area contributed by atoms with Crippen molar-refractivity contribution in [2.75, 3.05) is 36.5 Å². The Morgan fingerprint density at radius 3 is 2.59 bits per heavy atom. The van der Waals surface area contributed by atoms with Crippen LogP contribution in [0.1, 0.15) is 18.4 Å². The van der Waals surface area contributed by atoms with Crippen molar-refractivity contribution < 1.29 is 9.53 Å². The van der Waals surface area contributed by atoms with Gasteiger partial charge >= 0.3 is 0 Å². The SMILES string of the molecule is O=C(NCCOc1ccccc1)C1CCN(c2ccc(NCc3cccnc3)nn2)CC1. The van der Waals surface area contributed by atoms with E-state index in [4.69, 9.17) is 4.74 Å². The Morgan fingerprint density at radius 2 is 1.88 bits per heavy atom. The Bertz CT molecular complexity index is 961. The van der Waals surface area contributed by atoms with Crippen molar-refractivity contribution in [1.29, 1.82) is 0 Å². The second-order valence-electron chi connectivity index (χ2n) is 7.71. The lowest BCUT2D eigenvalue weighted by Gasteiger charge is -2.31. The molecule has 2 aromatic heterocycles. The number of carbonyl (C=O) groups is 1. The summed E-state index contributed by atoms with van der Waals surface area (Å²) in [5, 5.41) is 14.9. The predicted molar refractivity (Wildman–Crippen MR) is 123 cm³/mol. The van der Waals surface area contributed by atoms with Crippen LogP contribution >= 0.6 is 0 Å². The molecule has 2 N–H and O–H groups in total. The van der Waals surface area contributed by atoms with Gasteiger partial charge in [0.25, 0.3) is 0 Å². The van der Waals surface area contributed by atoms with Crippen molar-refractivity contribution in [2.45, 2.75) is 19.4 Å². The summed E-state index contributed by atoms with van der Waals surface area (Å²) >= 11 is 0. The van der Waals surface area contributed by atoms with Gasteiger partial charge in [-0.3, -0.25) is 9.78 Å². The molecule has 0 atom stereocenters.